The molecule has 0 aliphatic rings. The number of benzene rings is 1. The molecule has 0 saturated carbocycles. The first-order chi connectivity index (χ1) is 7.50. The maximum absolute atomic E-state index is 13.3. The van der Waals surface area contributed by atoms with Crippen molar-refractivity contribution < 1.29 is 8.78 Å². The van der Waals surface area contributed by atoms with Crippen LogP contribution in [0.1, 0.15) is 32.3 Å². The maximum atomic E-state index is 13.3. The highest BCUT2D eigenvalue weighted by atomic mass is 35.5. The van der Waals surface area contributed by atoms with Crippen LogP contribution in [0, 0.1) is 17.6 Å². The van der Waals surface area contributed by atoms with Crippen LogP contribution >= 0.6 is 11.6 Å². The van der Waals surface area contributed by atoms with Crippen LogP contribution in [0.25, 0.3) is 0 Å². The molecule has 16 heavy (non-hydrogen) atoms. The van der Waals surface area contributed by atoms with E-state index in [2.05, 4.69) is 13.8 Å². The van der Waals surface area contributed by atoms with Crippen LogP contribution in [-0.4, -0.2) is 5.38 Å². The average molecular weight is 247 g/mol. The molecule has 0 radical (unpaired) electrons. The van der Waals surface area contributed by atoms with Gasteiger partial charge in [0, 0.05) is 5.38 Å². The monoisotopic (exact) mass is 246 g/mol. The fourth-order valence-electron chi connectivity index (χ4n) is 1.68. The zero-order valence-corrected chi connectivity index (χ0v) is 10.4. The molecular weight excluding hydrogens is 230 g/mol. The second-order valence-corrected chi connectivity index (χ2v) is 5.10. The maximum Gasteiger partial charge on any atom is 0.162 e. The Morgan fingerprint density at radius 1 is 1.25 bits per heavy atom. The van der Waals surface area contributed by atoms with E-state index in [1.54, 1.807) is 6.07 Å². The first-order valence-electron chi connectivity index (χ1n) is 5.57. The fraction of sp³-hybridized carbons (Fsp3) is 0.538. The molecule has 0 bridgehead atoms. The van der Waals surface area contributed by atoms with E-state index in [1.165, 1.54) is 6.07 Å². The lowest BCUT2D eigenvalue weighted by atomic mass is 10.0. The highest BCUT2D eigenvalue weighted by Crippen LogP contribution is 2.19. The van der Waals surface area contributed by atoms with Crippen LogP contribution in [0.4, 0.5) is 8.78 Å². The largest absolute Gasteiger partial charge is 0.204 e. The minimum Gasteiger partial charge on any atom is -0.204 e. The predicted octanol–water partition coefficient (Wildman–Crippen LogP) is 4.55. The smallest absolute Gasteiger partial charge is 0.162 e. The van der Waals surface area contributed by atoms with Gasteiger partial charge in [0.2, 0.25) is 0 Å². The highest BCUT2D eigenvalue weighted by Gasteiger charge is 2.11. The molecule has 0 heterocycles. The summed E-state index contributed by atoms with van der Waals surface area (Å²) in [6.45, 7) is 4.19. The molecule has 0 N–H and O–H groups in total. The first kappa shape index (κ1) is 13.4. The Morgan fingerprint density at radius 2 is 1.94 bits per heavy atom. The Kier molecular flexibility index (Phi) is 5.20. The third kappa shape index (κ3) is 4.09. The molecule has 1 aromatic carbocycles. The molecule has 0 aliphatic heterocycles. The van der Waals surface area contributed by atoms with Crippen molar-refractivity contribution in [3.05, 3.63) is 35.4 Å². The van der Waals surface area contributed by atoms with Gasteiger partial charge in [-0.05, 0) is 36.8 Å². The summed E-state index contributed by atoms with van der Waals surface area (Å²) in [5.41, 5.74) is 0.411. The molecule has 0 nitrogen and oxygen atoms in total. The lowest BCUT2D eigenvalue weighted by Gasteiger charge is -2.12. The van der Waals surface area contributed by atoms with E-state index in [9.17, 15) is 8.78 Å². The number of halogens is 3. The molecule has 1 aromatic rings. The second-order valence-electron chi connectivity index (χ2n) is 4.48. The van der Waals surface area contributed by atoms with Gasteiger partial charge in [-0.1, -0.05) is 26.0 Å². The Hall–Kier alpha value is -0.630. The van der Waals surface area contributed by atoms with Crippen molar-refractivity contribution in [2.45, 2.75) is 38.5 Å². The molecule has 3 heteroatoms. The van der Waals surface area contributed by atoms with Gasteiger partial charge in [-0.2, -0.15) is 0 Å². The van der Waals surface area contributed by atoms with Gasteiger partial charge in [-0.25, -0.2) is 8.78 Å². The summed E-state index contributed by atoms with van der Waals surface area (Å²) < 4.78 is 26.2. The van der Waals surface area contributed by atoms with Gasteiger partial charge in [-0.3, -0.25) is 0 Å². The van der Waals surface area contributed by atoms with Gasteiger partial charge in [0.1, 0.15) is 0 Å². The lowest BCUT2D eigenvalue weighted by molar-refractivity contribution is 0.492. The van der Waals surface area contributed by atoms with E-state index >= 15 is 0 Å². The number of hydrogen-bond acceptors (Lipinski definition) is 0. The standard InChI is InChI=1S/C13H17ClF2/c1-9(2)8-11(14)7-6-10-4-3-5-12(15)13(10)16/h3-5,9,11H,6-8H2,1-2H3. The number of hydrogen-bond donors (Lipinski definition) is 0. The summed E-state index contributed by atoms with van der Waals surface area (Å²) in [5, 5.41) is 0.0302. The molecule has 0 aromatic heterocycles. The molecule has 1 rings (SSSR count). The molecule has 0 saturated heterocycles. The number of rotatable bonds is 5. The Labute approximate surface area is 101 Å². The molecule has 1 atom stereocenters. The van der Waals surface area contributed by atoms with Crippen LogP contribution in [0.5, 0.6) is 0 Å². The summed E-state index contributed by atoms with van der Waals surface area (Å²) in [4.78, 5) is 0. The molecule has 1 unspecified atom stereocenters. The van der Waals surface area contributed by atoms with Gasteiger partial charge in [0.25, 0.3) is 0 Å². The van der Waals surface area contributed by atoms with Crippen LogP contribution < -0.4 is 0 Å². The number of alkyl halides is 1. The summed E-state index contributed by atoms with van der Waals surface area (Å²) in [6, 6.07) is 4.27. The van der Waals surface area contributed by atoms with E-state index in [0.29, 0.717) is 24.3 Å². The quantitative estimate of drug-likeness (QED) is 0.669. The molecule has 0 fully saturated rings. The van der Waals surface area contributed by atoms with Gasteiger partial charge in [0.15, 0.2) is 11.6 Å². The minimum atomic E-state index is -0.785. The number of aryl methyl sites for hydroxylation is 1. The highest BCUT2D eigenvalue weighted by molar-refractivity contribution is 6.20. The normalized spacial score (nSPS) is 13.1. The van der Waals surface area contributed by atoms with Crippen molar-refractivity contribution in [1.29, 1.82) is 0 Å². The van der Waals surface area contributed by atoms with E-state index in [0.717, 1.165) is 12.5 Å². The zero-order chi connectivity index (χ0) is 12.1. The lowest BCUT2D eigenvalue weighted by Crippen LogP contribution is -2.06. The van der Waals surface area contributed by atoms with Crippen molar-refractivity contribution in [2.75, 3.05) is 0 Å². The van der Waals surface area contributed by atoms with Crippen molar-refractivity contribution in [3.63, 3.8) is 0 Å². The van der Waals surface area contributed by atoms with Crippen LogP contribution in [-0.2, 0) is 6.42 Å². The van der Waals surface area contributed by atoms with E-state index < -0.39 is 11.6 Å². The van der Waals surface area contributed by atoms with Gasteiger partial charge >= 0.3 is 0 Å². The fourth-order valence-corrected chi connectivity index (χ4v) is 2.15. The Morgan fingerprint density at radius 3 is 2.56 bits per heavy atom. The summed E-state index contributed by atoms with van der Waals surface area (Å²) in [5.74, 6) is -0.997. The predicted molar refractivity (Wildman–Crippen MR) is 63.8 cm³/mol. The third-order valence-corrected chi connectivity index (χ3v) is 2.88. The molecule has 90 valence electrons. The molecule has 0 spiro atoms. The molecule has 0 aliphatic carbocycles. The van der Waals surface area contributed by atoms with Crippen LogP contribution in [0.2, 0.25) is 0 Å². The van der Waals surface area contributed by atoms with Crippen LogP contribution in [0.15, 0.2) is 18.2 Å². The Bertz CT molecular complexity index is 337. The first-order valence-corrected chi connectivity index (χ1v) is 6.01. The van der Waals surface area contributed by atoms with Crippen LogP contribution in [0.3, 0.4) is 0 Å². The van der Waals surface area contributed by atoms with Gasteiger partial charge in [-0.15, -0.1) is 11.6 Å². The van der Waals surface area contributed by atoms with E-state index in [4.69, 9.17) is 11.6 Å². The van der Waals surface area contributed by atoms with E-state index in [1.807, 2.05) is 0 Å². The summed E-state index contributed by atoms with van der Waals surface area (Å²) in [6.07, 6.45) is 2.07. The third-order valence-electron chi connectivity index (χ3n) is 2.49. The molecule has 0 amide bonds. The van der Waals surface area contributed by atoms with Gasteiger partial charge < -0.3 is 0 Å². The van der Waals surface area contributed by atoms with Crippen molar-refractivity contribution in [2.24, 2.45) is 5.92 Å². The summed E-state index contributed by atoms with van der Waals surface area (Å²) in [7, 11) is 0. The van der Waals surface area contributed by atoms with Crippen molar-refractivity contribution in [3.8, 4) is 0 Å². The van der Waals surface area contributed by atoms with Crippen molar-refractivity contribution >= 4 is 11.6 Å². The van der Waals surface area contributed by atoms with Crippen molar-refractivity contribution in [1.82, 2.24) is 0 Å². The SMILES string of the molecule is CC(C)CC(Cl)CCc1cccc(F)c1F. The second kappa shape index (κ2) is 6.19. The molecular formula is C13H17ClF2. The Balaban J connectivity index is 2.51. The minimum absolute atomic E-state index is 0.0302. The van der Waals surface area contributed by atoms with Gasteiger partial charge in [0.05, 0.1) is 0 Å². The van der Waals surface area contributed by atoms with E-state index in [-0.39, 0.29) is 5.38 Å². The topological polar surface area (TPSA) is 0 Å². The summed E-state index contributed by atoms with van der Waals surface area (Å²) >= 11 is 6.10. The average Bonchev–Trinajstić information content (AvgIpc) is 2.19. The zero-order valence-electron chi connectivity index (χ0n) is 9.64.